The van der Waals surface area contributed by atoms with Crippen molar-refractivity contribution in [3.05, 3.63) is 30.2 Å². The molecule has 1 N–H and O–H groups in total. The summed E-state index contributed by atoms with van der Waals surface area (Å²) in [6.07, 6.45) is 6.72. The average Bonchev–Trinajstić information content (AvgIpc) is 3.05. The minimum Gasteiger partial charge on any atom is -0.469 e. The Labute approximate surface area is 149 Å². The van der Waals surface area contributed by atoms with Gasteiger partial charge in [-0.1, -0.05) is 19.9 Å². The molecule has 1 aromatic heterocycles. The number of fused-ring (bicyclic) bond motifs is 4. The van der Waals surface area contributed by atoms with Crippen molar-refractivity contribution in [1.82, 2.24) is 0 Å². The van der Waals surface area contributed by atoms with Gasteiger partial charge in [0.2, 0.25) is 0 Å². The summed E-state index contributed by atoms with van der Waals surface area (Å²) in [6.45, 7) is 8.55. The molecule has 2 saturated carbocycles. The van der Waals surface area contributed by atoms with Crippen LogP contribution < -0.4 is 0 Å². The Balaban J connectivity index is 1.80. The highest BCUT2D eigenvalue weighted by molar-refractivity contribution is 5.78. The molecule has 5 atom stereocenters. The lowest BCUT2D eigenvalue weighted by molar-refractivity contribution is -0.185. The number of hydrogen-bond acceptors (Lipinski definition) is 4. The number of hydrogen-bond donors (Lipinski definition) is 1. The van der Waals surface area contributed by atoms with E-state index in [-0.39, 0.29) is 23.2 Å². The number of furan rings is 1. The van der Waals surface area contributed by atoms with Crippen molar-refractivity contribution in [2.24, 2.45) is 22.7 Å². The number of ether oxygens (including phenoxy) is 1. The molecular weight excluding hydrogens is 316 g/mol. The van der Waals surface area contributed by atoms with Crippen molar-refractivity contribution >= 4 is 11.5 Å². The third-order valence-electron chi connectivity index (χ3n) is 7.80. The maximum absolute atomic E-state index is 12.6. The van der Waals surface area contributed by atoms with Gasteiger partial charge < -0.3 is 14.3 Å². The average molecular weight is 344 g/mol. The van der Waals surface area contributed by atoms with Crippen LogP contribution >= 0.6 is 0 Å². The molecule has 0 spiro atoms. The van der Waals surface area contributed by atoms with Gasteiger partial charge in [-0.15, -0.1) is 0 Å². The van der Waals surface area contributed by atoms with Crippen molar-refractivity contribution in [3.8, 4) is 0 Å². The lowest BCUT2D eigenvalue weighted by Crippen LogP contribution is -2.62. The zero-order valence-electron chi connectivity index (χ0n) is 15.4. The molecule has 0 aromatic carbocycles. The van der Waals surface area contributed by atoms with E-state index < -0.39 is 11.0 Å². The maximum atomic E-state index is 12.6. The fourth-order valence-electron chi connectivity index (χ4n) is 6.49. The standard InChI is InChI=1S/C21H28O4/c1-13-14-7-11-25-15(14)12-17-19(2)8-5-9-20(3,18(22)24-4)16(19)6-10-21(13,17)23/h7,11,16-17,23H,1,5-6,8-10,12H2,2-4H3/t16-,17-,19+,20-,21-/m1/s1. The van der Waals surface area contributed by atoms with Gasteiger partial charge in [0.05, 0.1) is 24.4 Å². The van der Waals surface area contributed by atoms with Gasteiger partial charge >= 0.3 is 5.97 Å². The zero-order valence-corrected chi connectivity index (χ0v) is 15.4. The fourth-order valence-corrected chi connectivity index (χ4v) is 6.49. The molecule has 1 aromatic rings. The van der Waals surface area contributed by atoms with Gasteiger partial charge in [-0.3, -0.25) is 4.79 Å². The van der Waals surface area contributed by atoms with Gasteiger partial charge in [0.15, 0.2) is 0 Å². The molecule has 0 saturated heterocycles. The molecule has 2 fully saturated rings. The Hall–Kier alpha value is -1.55. The predicted octanol–water partition coefficient (Wildman–Crippen LogP) is 3.98. The van der Waals surface area contributed by atoms with Crippen LogP contribution in [0.1, 0.15) is 57.3 Å². The summed E-state index contributed by atoms with van der Waals surface area (Å²) < 4.78 is 10.9. The van der Waals surface area contributed by atoms with Gasteiger partial charge in [-0.25, -0.2) is 0 Å². The van der Waals surface area contributed by atoms with E-state index in [0.29, 0.717) is 12.8 Å². The van der Waals surface area contributed by atoms with E-state index in [1.807, 2.05) is 6.07 Å². The largest absolute Gasteiger partial charge is 0.469 e. The molecule has 4 heteroatoms. The second-order valence-corrected chi connectivity index (χ2v) is 8.78. The topological polar surface area (TPSA) is 59.7 Å². The molecule has 4 rings (SSSR count). The molecule has 0 unspecified atom stereocenters. The van der Waals surface area contributed by atoms with Crippen molar-refractivity contribution < 1.29 is 19.1 Å². The highest BCUT2D eigenvalue weighted by atomic mass is 16.5. The Morgan fingerprint density at radius 3 is 2.80 bits per heavy atom. The minimum absolute atomic E-state index is 0.0224. The van der Waals surface area contributed by atoms with Crippen LogP contribution in [0, 0.1) is 22.7 Å². The van der Waals surface area contributed by atoms with Crippen LogP contribution in [0.5, 0.6) is 0 Å². The SMILES string of the molecule is C=C1c2ccoc2C[C@@H]2[C@@]3(C)CCC[C@@](C)(C(=O)OC)[C@@H]3CC[C@@]12O. The van der Waals surface area contributed by atoms with Crippen LogP contribution in [0.2, 0.25) is 0 Å². The maximum Gasteiger partial charge on any atom is 0.311 e. The summed E-state index contributed by atoms with van der Waals surface area (Å²) in [6, 6.07) is 1.92. The van der Waals surface area contributed by atoms with Crippen LogP contribution in [0.4, 0.5) is 0 Å². The van der Waals surface area contributed by atoms with E-state index in [1.54, 1.807) is 6.26 Å². The van der Waals surface area contributed by atoms with Gasteiger partial charge in [0.25, 0.3) is 0 Å². The molecule has 0 aliphatic heterocycles. The Kier molecular flexibility index (Phi) is 3.53. The van der Waals surface area contributed by atoms with Gasteiger partial charge in [-0.2, -0.15) is 0 Å². The van der Waals surface area contributed by atoms with Gasteiger partial charge in [0, 0.05) is 17.9 Å². The normalized spacial score (nSPS) is 43.0. The number of carbonyl (C=O) groups is 1. The highest BCUT2D eigenvalue weighted by Gasteiger charge is 2.64. The number of rotatable bonds is 1. The molecule has 0 amide bonds. The molecule has 0 radical (unpaired) electrons. The van der Waals surface area contributed by atoms with Crippen molar-refractivity contribution in [1.29, 1.82) is 0 Å². The monoisotopic (exact) mass is 344 g/mol. The number of methoxy groups -OCH3 is 1. The molecule has 3 aliphatic carbocycles. The molecule has 4 nitrogen and oxygen atoms in total. The summed E-state index contributed by atoms with van der Waals surface area (Å²) >= 11 is 0. The van der Waals surface area contributed by atoms with Crippen LogP contribution in [0.3, 0.4) is 0 Å². The number of carbonyl (C=O) groups excluding carboxylic acids is 1. The van der Waals surface area contributed by atoms with Crippen molar-refractivity contribution in [3.63, 3.8) is 0 Å². The first-order valence-electron chi connectivity index (χ1n) is 9.34. The number of aliphatic hydroxyl groups is 1. The third kappa shape index (κ3) is 2.00. The summed E-state index contributed by atoms with van der Waals surface area (Å²) in [5.41, 5.74) is 0.233. The third-order valence-corrected chi connectivity index (χ3v) is 7.80. The lowest BCUT2D eigenvalue weighted by atomic mass is 9.43. The molecule has 0 bridgehead atoms. The van der Waals surface area contributed by atoms with E-state index in [1.165, 1.54) is 7.11 Å². The van der Waals surface area contributed by atoms with Crippen LogP contribution in [-0.2, 0) is 16.0 Å². The molecule has 1 heterocycles. The van der Waals surface area contributed by atoms with E-state index in [4.69, 9.17) is 9.15 Å². The summed E-state index contributed by atoms with van der Waals surface area (Å²) in [7, 11) is 1.48. The van der Waals surface area contributed by atoms with E-state index in [9.17, 15) is 9.90 Å². The molecule has 136 valence electrons. The van der Waals surface area contributed by atoms with Gasteiger partial charge in [0.1, 0.15) is 5.76 Å². The summed E-state index contributed by atoms with van der Waals surface area (Å²) in [4.78, 5) is 12.6. The first-order valence-corrected chi connectivity index (χ1v) is 9.34. The van der Waals surface area contributed by atoms with E-state index in [2.05, 4.69) is 20.4 Å². The second kappa shape index (κ2) is 5.23. The van der Waals surface area contributed by atoms with Gasteiger partial charge in [-0.05, 0) is 55.6 Å². The summed E-state index contributed by atoms with van der Waals surface area (Å²) in [5.74, 6) is 1.04. The first-order chi connectivity index (χ1) is 11.8. The Bertz CT molecular complexity index is 734. The zero-order chi connectivity index (χ0) is 18.0. The predicted molar refractivity (Wildman–Crippen MR) is 94.7 cm³/mol. The van der Waals surface area contributed by atoms with Crippen LogP contribution in [0.15, 0.2) is 23.3 Å². The Morgan fingerprint density at radius 1 is 1.32 bits per heavy atom. The second-order valence-electron chi connectivity index (χ2n) is 8.78. The fraction of sp³-hybridized carbons (Fsp3) is 0.667. The van der Waals surface area contributed by atoms with Crippen molar-refractivity contribution in [2.45, 2.75) is 58.0 Å². The quantitative estimate of drug-likeness (QED) is 0.783. The van der Waals surface area contributed by atoms with Crippen molar-refractivity contribution in [2.75, 3.05) is 7.11 Å². The number of esters is 1. The van der Waals surface area contributed by atoms with E-state index >= 15 is 0 Å². The molecule has 3 aliphatic rings. The lowest BCUT2D eigenvalue weighted by Gasteiger charge is -2.62. The highest BCUT2D eigenvalue weighted by Crippen LogP contribution is 2.66. The van der Waals surface area contributed by atoms with E-state index in [0.717, 1.165) is 42.6 Å². The summed E-state index contributed by atoms with van der Waals surface area (Å²) in [5, 5.41) is 11.6. The smallest absolute Gasteiger partial charge is 0.311 e. The first kappa shape index (κ1) is 16.9. The Morgan fingerprint density at radius 2 is 2.08 bits per heavy atom. The van der Waals surface area contributed by atoms with Crippen LogP contribution in [0.25, 0.3) is 5.57 Å². The molecular formula is C21H28O4. The van der Waals surface area contributed by atoms with Crippen LogP contribution in [-0.4, -0.2) is 23.8 Å². The minimum atomic E-state index is -0.906. The molecule has 25 heavy (non-hydrogen) atoms.